The number of nitrogens with two attached hydrogens (primary N) is 1. The molecule has 6 heteroatoms. The van der Waals surface area contributed by atoms with Gasteiger partial charge >= 0.3 is 6.18 Å². The van der Waals surface area contributed by atoms with Gasteiger partial charge in [-0.3, -0.25) is 4.79 Å². The average molecular weight is 266 g/mol. The first-order valence-corrected chi connectivity index (χ1v) is 6.36. The Morgan fingerprint density at radius 3 is 2.33 bits per heavy atom. The van der Waals surface area contributed by atoms with Crippen LogP contribution in [0.4, 0.5) is 13.2 Å². The maximum absolute atomic E-state index is 12.8. The maximum atomic E-state index is 12.8. The van der Waals surface area contributed by atoms with Crippen LogP contribution in [0.2, 0.25) is 0 Å². The Morgan fingerprint density at radius 2 is 1.83 bits per heavy atom. The molecule has 0 radical (unpaired) electrons. The molecule has 3 nitrogen and oxygen atoms in total. The van der Waals surface area contributed by atoms with Crippen molar-refractivity contribution in [1.82, 2.24) is 5.32 Å². The highest BCUT2D eigenvalue weighted by molar-refractivity contribution is 5.82. The summed E-state index contributed by atoms with van der Waals surface area (Å²) >= 11 is 0. The minimum Gasteiger partial charge on any atom is -0.351 e. The zero-order valence-electron chi connectivity index (χ0n) is 10.8. The third-order valence-corrected chi connectivity index (χ3v) is 3.54. The van der Waals surface area contributed by atoms with E-state index >= 15 is 0 Å². The summed E-state index contributed by atoms with van der Waals surface area (Å²) in [5.74, 6) is -2.00. The van der Waals surface area contributed by atoms with Crippen molar-refractivity contribution >= 4 is 5.91 Å². The van der Waals surface area contributed by atoms with Crippen LogP contribution in [0.1, 0.15) is 39.5 Å². The van der Waals surface area contributed by atoms with Crippen molar-refractivity contribution in [2.24, 2.45) is 17.6 Å². The molecule has 18 heavy (non-hydrogen) atoms. The topological polar surface area (TPSA) is 55.1 Å². The molecule has 3 atom stereocenters. The quantitative estimate of drug-likeness (QED) is 0.823. The lowest BCUT2D eigenvalue weighted by atomic mass is 9.83. The molecule has 2 unspecified atom stereocenters. The number of rotatable bonds is 3. The number of hydrogen-bond acceptors (Lipinski definition) is 2. The Morgan fingerprint density at radius 1 is 1.28 bits per heavy atom. The number of nitrogens with one attached hydrogen (secondary N) is 1. The van der Waals surface area contributed by atoms with E-state index in [9.17, 15) is 18.0 Å². The van der Waals surface area contributed by atoms with Gasteiger partial charge in [0.1, 0.15) is 0 Å². The van der Waals surface area contributed by atoms with Gasteiger partial charge in [-0.2, -0.15) is 13.2 Å². The molecule has 0 aromatic rings. The second-order valence-corrected chi connectivity index (χ2v) is 5.32. The predicted octanol–water partition coefficient (Wildman–Crippen LogP) is 2.21. The van der Waals surface area contributed by atoms with Gasteiger partial charge < -0.3 is 11.1 Å². The van der Waals surface area contributed by atoms with Crippen LogP contribution in [0.15, 0.2) is 0 Å². The summed E-state index contributed by atoms with van der Waals surface area (Å²) in [5, 5.41) is 2.47. The third-order valence-electron chi connectivity index (χ3n) is 3.54. The molecule has 1 amide bonds. The lowest BCUT2D eigenvalue weighted by molar-refractivity contribution is -0.189. The molecular weight excluding hydrogens is 245 g/mol. The van der Waals surface area contributed by atoms with E-state index in [2.05, 4.69) is 5.32 Å². The first kappa shape index (κ1) is 15.3. The van der Waals surface area contributed by atoms with Gasteiger partial charge in [-0.05, 0) is 18.8 Å². The van der Waals surface area contributed by atoms with Crippen LogP contribution in [-0.2, 0) is 4.79 Å². The van der Waals surface area contributed by atoms with E-state index in [0.717, 1.165) is 0 Å². The van der Waals surface area contributed by atoms with Crippen molar-refractivity contribution in [3.63, 3.8) is 0 Å². The van der Waals surface area contributed by atoms with E-state index in [1.165, 1.54) is 0 Å². The molecule has 0 spiro atoms. The number of amides is 1. The number of alkyl halides is 3. The van der Waals surface area contributed by atoms with Crippen molar-refractivity contribution in [3.05, 3.63) is 0 Å². The number of carbonyl (C=O) groups is 1. The van der Waals surface area contributed by atoms with Gasteiger partial charge in [0.15, 0.2) is 0 Å². The summed E-state index contributed by atoms with van der Waals surface area (Å²) in [7, 11) is 0. The molecule has 1 fully saturated rings. The lowest BCUT2D eigenvalue weighted by Gasteiger charge is -2.34. The number of hydrogen-bond donors (Lipinski definition) is 2. The second-order valence-electron chi connectivity index (χ2n) is 5.32. The van der Waals surface area contributed by atoms with Crippen LogP contribution in [0, 0.1) is 11.8 Å². The van der Waals surface area contributed by atoms with E-state index in [0.29, 0.717) is 19.3 Å². The van der Waals surface area contributed by atoms with Gasteiger partial charge in [0, 0.05) is 6.04 Å². The molecule has 1 rings (SSSR count). The second kappa shape index (κ2) is 5.91. The smallest absolute Gasteiger partial charge is 0.351 e. The summed E-state index contributed by atoms with van der Waals surface area (Å²) in [6.07, 6.45) is -2.51. The van der Waals surface area contributed by atoms with Crippen molar-refractivity contribution in [2.75, 3.05) is 0 Å². The molecular formula is C12H21F3N2O. The fourth-order valence-electron chi connectivity index (χ4n) is 2.28. The highest BCUT2D eigenvalue weighted by Gasteiger charge is 2.46. The molecule has 106 valence electrons. The molecule has 0 bridgehead atoms. The number of halogens is 3. The summed E-state index contributed by atoms with van der Waals surface area (Å²) in [6.45, 7) is 3.54. The van der Waals surface area contributed by atoms with Gasteiger partial charge in [0.05, 0.1) is 12.0 Å². The van der Waals surface area contributed by atoms with Crippen molar-refractivity contribution in [1.29, 1.82) is 0 Å². The molecule has 0 aromatic heterocycles. The summed E-state index contributed by atoms with van der Waals surface area (Å²) in [4.78, 5) is 11.7. The Balaban J connectivity index is 2.65. The number of carbonyl (C=O) groups excluding carboxylic acids is 1. The summed E-state index contributed by atoms with van der Waals surface area (Å²) in [5.41, 5.74) is 5.64. The van der Waals surface area contributed by atoms with Crippen LogP contribution in [0.5, 0.6) is 0 Å². The molecule has 0 aliphatic heterocycles. The lowest BCUT2D eigenvalue weighted by Crippen LogP contribution is -2.53. The van der Waals surface area contributed by atoms with Crippen molar-refractivity contribution in [3.8, 4) is 0 Å². The predicted molar refractivity (Wildman–Crippen MR) is 62.8 cm³/mol. The van der Waals surface area contributed by atoms with Crippen LogP contribution >= 0.6 is 0 Å². The van der Waals surface area contributed by atoms with E-state index < -0.39 is 30.1 Å². The van der Waals surface area contributed by atoms with Crippen LogP contribution in [-0.4, -0.2) is 24.2 Å². The summed E-state index contributed by atoms with van der Waals surface area (Å²) < 4.78 is 38.5. The van der Waals surface area contributed by atoms with Gasteiger partial charge in [0.2, 0.25) is 5.91 Å². The van der Waals surface area contributed by atoms with Crippen molar-refractivity contribution < 1.29 is 18.0 Å². The molecule has 1 aliphatic rings. The highest BCUT2D eigenvalue weighted by atomic mass is 19.4. The molecule has 0 heterocycles. The Labute approximate surface area is 105 Å². The van der Waals surface area contributed by atoms with Crippen LogP contribution in [0.3, 0.4) is 0 Å². The zero-order chi connectivity index (χ0) is 13.9. The van der Waals surface area contributed by atoms with E-state index in [1.807, 2.05) is 0 Å². The van der Waals surface area contributed by atoms with E-state index in [1.54, 1.807) is 13.8 Å². The highest BCUT2D eigenvalue weighted by Crippen LogP contribution is 2.37. The fraction of sp³-hybridized carbons (Fsp3) is 0.917. The first-order valence-electron chi connectivity index (χ1n) is 6.36. The van der Waals surface area contributed by atoms with Gasteiger partial charge in [-0.25, -0.2) is 0 Å². The normalized spacial score (nSPS) is 27.1. The Bertz CT molecular complexity index is 292. The van der Waals surface area contributed by atoms with E-state index in [4.69, 9.17) is 5.73 Å². The molecule has 1 saturated carbocycles. The molecule has 3 N–H and O–H groups in total. The Hall–Kier alpha value is -0.780. The monoisotopic (exact) mass is 266 g/mol. The SMILES string of the molecule is CC(C)[C@H](N)C(=O)NC1CCCCC1C(F)(F)F. The molecule has 0 saturated heterocycles. The minimum absolute atomic E-state index is 0.0853. The minimum atomic E-state index is -4.25. The van der Waals surface area contributed by atoms with Crippen molar-refractivity contribution in [2.45, 2.75) is 57.8 Å². The van der Waals surface area contributed by atoms with Gasteiger partial charge in [-0.15, -0.1) is 0 Å². The molecule has 1 aliphatic carbocycles. The van der Waals surface area contributed by atoms with Crippen LogP contribution in [0.25, 0.3) is 0 Å². The Kier molecular flexibility index (Phi) is 5.01. The average Bonchev–Trinajstić information content (AvgIpc) is 2.27. The zero-order valence-corrected chi connectivity index (χ0v) is 10.8. The van der Waals surface area contributed by atoms with Gasteiger partial charge in [0.25, 0.3) is 0 Å². The summed E-state index contributed by atoms with van der Waals surface area (Å²) in [6, 6.07) is -1.57. The fourth-order valence-corrected chi connectivity index (χ4v) is 2.28. The van der Waals surface area contributed by atoms with E-state index in [-0.39, 0.29) is 12.3 Å². The van der Waals surface area contributed by atoms with Gasteiger partial charge in [-0.1, -0.05) is 26.7 Å². The maximum Gasteiger partial charge on any atom is 0.393 e. The largest absolute Gasteiger partial charge is 0.393 e. The first-order chi connectivity index (χ1) is 8.23. The standard InChI is InChI=1S/C12H21F3N2O/c1-7(2)10(16)11(18)17-9-6-4-3-5-8(9)12(13,14)15/h7-10H,3-6,16H2,1-2H3,(H,17,18)/t8?,9?,10-/m0/s1. The van der Waals surface area contributed by atoms with Crippen LogP contribution < -0.4 is 11.1 Å². The molecule has 0 aromatic carbocycles. The third kappa shape index (κ3) is 3.86.